The van der Waals surface area contributed by atoms with Crippen LogP contribution in [0.2, 0.25) is 0 Å². The molecule has 1 heterocycles. The SMILES string of the molecule is COc1cc(CCOC2CCCCC2N2CC[C@@H](OCc3ccccc3)C2)ccc1O. The van der Waals surface area contributed by atoms with Crippen LogP contribution < -0.4 is 4.74 Å². The van der Waals surface area contributed by atoms with Gasteiger partial charge < -0.3 is 19.3 Å². The quantitative estimate of drug-likeness (QED) is 0.638. The van der Waals surface area contributed by atoms with Gasteiger partial charge in [-0.25, -0.2) is 0 Å². The maximum absolute atomic E-state index is 9.77. The number of phenolic OH excluding ortho intramolecular Hbond substituents is 1. The minimum Gasteiger partial charge on any atom is -0.504 e. The fourth-order valence-electron chi connectivity index (χ4n) is 4.87. The zero-order chi connectivity index (χ0) is 21.5. The minimum atomic E-state index is 0.178. The molecule has 2 aromatic rings. The van der Waals surface area contributed by atoms with Crippen LogP contribution in [0, 0.1) is 0 Å². The van der Waals surface area contributed by atoms with Crippen molar-refractivity contribution in [2.75, 3.05) is 26.8 Å². The standard InChI is InChI=1S/C26H35NO4/c1-29-26-17-20(11-12-24(26)28)14-16-30-25-10-6-5-9-23(25)27-15-13-22(18-27)31-19-21-7-3-2-4-8-21/h2-4,7-8,11-12,17,22-23,25,28H,5-6,9-10,13-16,18-19H2,1H3/t22-,23?,25?/m1/s1. The predicted molar refractivity (Wildman–Crippen MR) is 122 cm³/mol. The molecule has 1 saturated heterocycles. The van der Waals surface area contributed by atoms with Crippen molar-refractivity contribution in [2.24, 2.45) is 0 Å². The van der Waals surface area contributed by atoms with Crippen molar-refractivity contribution in [3.05, 3.63) is 59.7 Å². The Hall–Kier alpha value is -2.08. The van der Waals surface area contributed by atoms with Gasteiger partial charge in [0.25, 0.3) is 0 Å². The molecular weight excluding hydrogens is 390 g/mol. The van der Waals surface area contributed by atoms with E-state index >= 15 is 0 Å². The second kappa shape index (κ2) is 11.0. The second-order valence-electron chi connectivity index (χ2n) is 8.72. The van der Waals surface area contributed by atoms with Crippen molar-refractivity contribution in [1.82, 2.24) is 4.90 Å². The molecule has 31 heavy (non-hydrogen) atoms. The van der Waals surface area contributed by atoms with Crippen LogP contribution >= 0.6 is 0 Å². The molecule has 0 spiro atoms. The summed E-state index contributed by atoms with van der Waals surface area (Å²) in [5, 5.41) is 9.77. The Bertz CT molecular complexity index is 812. The van der Waals surface area contributed by atoms with E-state index in [0.29, 0.717) is 37.2 Å². The number of hydrogen-bond acceptors (Lipinski definition) is 5. The van der Waals surface area contributed by atoms with Gasteiger partial charge in [-0.1, -0.05) is 49.2 Å². The molecule has 0 radical (unpaired) electrons. The Morgan fingerprint density at radius 2 is 1.81 bits per heavy atom. The third-order valence-electron chi connectivity index (χ3n) is 6.61. The molecule has 1 aliphatic heterocycles. The fourth-order valence-corrected chi connectivity index (χ4v) is 4.87. The number of methoxy groups -OCH3 is 1. The van der Waals surface area contributed by atoms with E-state index in [-0.39, 0.29) is 5.75 Å². The molecule has 5 heteroatoms. The molecule has 2 aliphatic rings. The first-order valence-electron chi connectivity index (χ1n) is 11.6. The van der Waals surface area contributed by atoms with E-state index in [1.807, 2.05) is 18.2 Å². The van der Waals surface area contributed by atoms with Crippen LogP contribution in [0.25, 0.3) is 0 Å². The molecule has 2 fully saturated rings. The van der Waals surface area contributed by atoms with Gasteiger partial charge in [0.15, 0.2) is 11.5 Å². The highest BCUT2D eigenvalue weighted by Crippen LogP contribution is 2.30. The summed E-state index contributed by atoms with van der Waals surface area (Å²) in [6, 6.07) is 16.5. The smallest absolute Gasteiger partial charge is 0.160 e. The number of likely N-dealkylation sites (tertiary alicyclic amines) is 1. The van der Waals surface area contributed by atoms with E-state index in [4.69, 9.17) is 14.2 Å². The van der Waals surface area contributed by atoms with Crippen LogP contribution in [-0.4, -0.2) is 55.1 Å². The van der Waals surface area contributed by atoms with Gasteiger partial charge in [0, 0.05) is 19.1 Å². The van der Waals surface area contributed by atoms with E-state index in [1.165, 1.54) is 24.8 Å². The number of hydrogen-bond donors (Lipinski definition) is 1. The zero-order valence-electron chi connectivity index (χ0n) is 18.5. The molecule has 0 aromatic heterocycles. The monoisotopic (exact) mass is 425 g/mol. The number of aromatic hydroxyl groups is 1. The average Bonchev–Trinajstić information content (AvgIpc) is 3.29. The molecule has 2 unspecified atom stereocenters. The van der Waals surface area contributed by atoms with Crippen molar-refractivity contribution >= 4 is 0 Å². The molecular formula is C26H35NO4. The van der Waals surface area contributed by atoms with E-state index < -0.39 is 0 Å². The summed E-state index contributed by atoms with van der Waals surface area (Å²) in [4.78, 5) is 2.60. The van der Waals surface area contributed by atoms with Crippen molar-refractivity contribution in [3.63, 3.8) is 0 Å². The first-order valence-corrected chi connectivity index (χ1v) is 11.6. The Morgan fingerprint density at radius 3 is 2.65 bits per heavy atom. The number of benzene rings is 2. The summed E-state index contributed by atoms with van der Waals surface area (Å²) < 4.78 is 17.8. The highest BCUT2D eigenvalue weighted by Gasteiger charge is 2.35. The van der Waals surface area contributed by atoms with Crippen LogP contribution in [0.3, 0.4) is 0 Å². The third-order valence-corrected chi connectivity index (χ3v) is 6.61. The van der Waals surface area contributed by atoms with Gasteiger partial charge >= 0.3 is 0 Å². The molecule has 168 valence electrons. The van der Waals surface area contributed by atoms with E-state index in [2.05, 4.69) is 29.2 Å². The third kappa shape index (κ3) is 6.00. The normalized spacial score (nSPS) is 24.4. The average molecular weight is 426 g/mol. The molecule has 3 atom stereocenters. The Kier molecular flexibility index (Phi) is 7.84. The van der Waals surface area contributed by atoms with E-state index in [1.54, 1.807) is 13.2 Å². The summed E-state index contributed by atoms with van der Waals surface area (Å²) in [6.07, 6.45) is 7.40. The molecule has 0 amide bonds. The first kappa shape index (κ1) is 22.1. The lowest BCUT2D eigenvalue weighted by Crippen LogP contribution is -2.46. The summed E-state index contributed by atoms with van der Waals surface area (Å²) in [6.45, 7) is 3.49. The van der Waals surface area contributed by atoms with Crippen LogP contribution in [0.5, 0.6) is 11.5 Å². The van der Waals surface area contributed by atoms with Crippen LogP contribution in [0.15, 0.2) is 48.5 Å². The largest absolute Gasteiger partial charge is 0.504 e. The summed E-state index contributed by atoms with van der Waals surface area (Å²) in [7, 11) is 1.58. The number of nitrogens with zero attached hydrogens (tertiary/aromatic N) is 1. The second-order valence-corrected chi connectivity index (χ2v) is 8.72. The Morgan fingerprint density at radius 1 is 0.968 bits per heavy atom. The highest BCUT2D eigenvalue weighted by atomic mass is 16.5. The molecule has 2 aromatic carbocycles. The minimum absolute atomic E-state index is 0.178. The molecule has 1 aliphatic carbocycles. The lowest BCUT2D eigenvalue weighted by atomic mass is 9.91. The van der Waals surface area contributed by atoms with Gasteiger partial charge in [-0.2, -0.15) is 0 Å². The van der Waals surface area contributed by atoms with Crippen LogP contribution in [0.1, 0.15) is 43.2 Å². The van der Waals surface area contributed by atoms with Gasteiger partial charge in [0.05, 0.1) is 32.5 Å². The zero-order valence-corrected chi connectivity index (χ0v) is 18.5. The molecule has 4 rings (SSSR count). The summed E-state index contributed by atoms with van der Waals surface area (Å²) >= 11 is 0. The highest BCUT2D eigenvalue weighted by molar-refractivity contribution is 5.41. The Labute approximate surface area is 185 Å². The van der Waals surface area contributed by atoms with Crippen LogP contribution in [0.4, 0.5) is 0 Å². The van der Waals surface area contributed by atoms with Crippen LogP contribution in [-0.2, 0) is 22.5 Å². The molecule has 1 saturated carbocycles. The lowest BCUT2D eigenvalue weighted by Gasteiger charge is -2.37. The van der Waals surface area contributed by atoms with Gasteiger partial charge in [-0.05, 0) is 48.9 Å². The maximum Gasteiger partial charge on any atom is 0.160 e. The summed E-state index contributed by atoms with van der Waals surface area (Å²) in [5.74, 6) is 0.698. The van der Waals surface area contributed by atoms with Gasteiger partial charge in [-0.3, -0.25) is 4.90 Å². The molecule has 0 bridgehead atoms. The molecule has 5 nitrogen and oxygen atoms in total. The fraction of sp³-hybridized carbons (Fsp3) is 0.538. The van der Waals surface area contributed by atoms with E-state index in [9.17, 15) is 5.11 Å². The number of ether oxygens (including phenoxy) is 3. The van der Waals surface area contributed by atoms with Crippen molar-refractivity contribution in [2.45, 2.75) is 63.4 Å². The van der Waals surface area contributed by atoms with Crippen molar-refractivity contribution in [3.8, 4) is 11.5 Å². The topological polar surface area (TPSA) is 51.2 Å². The lowest BCUT2D eigenvalue weighted by molar-refractivity contribution is -0.0352. The maximum atomic E-state index is 9.77. The number of phenols is 1. The summed E-state index contributed by atoms with van der Waals surface area (Å²) in [5.41, 5.74) is 2.36. The van der Waals surface area contributed by atoms with Gasteiger partial charge in [-0.15, -0.1) is 0 Å². The van der Waals surface area contributed by atoms with Gasteiger partial charge in [0.1, 0.15) is 0 Å². The van der Waals surface area contributed by atoms with Crippen molar-refractivity contribution < 1.29 is 19.3 Å². The molecule has 1 N–H and O–H groups in total. The predicted octanol–water partition coefficient (Wildman–Crippen LogP) is 4.56. The first-order chi connectivity index (χ1) is 15.2. The Balaban J connectivity index is 1.25. The number of rotatable bonds is 9. The van der Waals surface area contributed by atoms with Crippen molar-refractivity contribution in [1.29, 1.82) is 0 Å². The van der Waals surface area contributed by atoms with Gasteiger partial charge in [0.2, 0.25) is 0 Å². The van der Waals surface area contributed by atoms with E-state index in [0.717, 1.165) is 37.9 Å².